The van der Waals surface area contributed by atoms with Crippen LogP contribution in [0.15, 0.2) is 18.2 Å². The number of nitrogens with two attached hydrogens (primary N) is 1. The van der Waals surface area contributed by atoms with E-state index >= 15 is 0 Å². The van der Waals surface area contributed by atoms with Crippen LogP contribution in [0.3, 0.4) is 0 Å². The van der Waals surface area contributed by atoms with E-state index in [0.29, 0.717) is 16.8 Å². The summed E-state index contributed by atoms with van der Waals surface area (Å²) in [7, 11) is 0. The van der Waals surface area contributed by atoms with Crippen LogP contribution in [-0.2, 0) is 4.79 Å². The van der Waals surface area contributed by atoms with E-state index in [9.17, 15) is 4.79 Å². The third-order valence-electron chi connectivity index (χ3n) is 3.48. The fourth-order valence-corrected chi connectivity index (χ4v) is 2.41. The number of ether oxygens (including phenoxy) is 1. The normalized spacial score (nSPS) is 15.8. The number of benzene rings is 1. The Labute approximate surface area is 124 Å². The van der Waals surface area contributed by atoms with Crippen molar-refractivity contribution in [1.82, 2.24) is 4.90 Å². The lowest BCUT2D eigenvalue weighted by Crippen LogP contribution is -2.36. The van der Waals surface area contributed by atoms with Crippen LogP contribution < -0.4 is 10.5 Å². The van der Waals surface area contributed by atoms with Crippen molar-refractivity contribution in [3.8, 4) is 5.75 Å². The molecule has 1 amide bonds. The van der Waals surface area contributed by atoms with Crippen LogP contribution in [0.2, 0.25) is 5.02 Å². The van der Waals surface area contributed by atoms with E-state index < -0.39 is 0 Å². The number of amides is 1. The van der Waals surface area contributed by atoms with E-state index in [1.54, 1.807) is 12.1 Å². The van der Waals surface area contributed by atoms with Gasteiger partial charge >= 0.3 is 0 Å². The summed E-state index contributed by atoms with van der Waals surface area (Å²) in [6, 6.07) is 5.75. The Morgan fingerprint density at radius 1 is 1.55 bits per heavy atom. The first-order valence-corrected chi connectivity index (χ1v) is 7.38. The van der Waals surface area contributed by atoms with Gasteiger partial charge in [-0.05, 0) is 44.4 Å². The highest BCUT2D eigenvalue weighted by Crippen LogP contribution is 2.29. The molecule has 0 saturated heterocycles. The second-order valence-corrected chi connectivity index (χ2v) is 5.59. The van der Waals surface area contributed by atoms with Crippen LogP contribution in [0, 0.1) is 0 Å². The average Bonchev–Trinajstić information content (AvgIpc) is 3.22. The zero-order valence-corrected chi connectivity index (χ0v) is 12.7. The molecule has 0 bridgehead atoms. The van der Waals surface area contributed by atoms with Crippen LogP contribution in [0.25, 0.3) is 0 Å². The van der Waals surface area contributed by atoms with E-state index in [1.807, 2.05) is 24.8 Å². The van der Waals surface area contributed by atoms with E-state index in [1.165, 1.54) is 0 Å². The van der Waals surface area contributed by atoms with E-state index in [0.717, 1.165) is 24.9 Å². The molecule has 110 valence electrons. The molecule has 1 aromatic rings. The number of halogens is 1. The highest BCUT2D eigenvalue weighted by atomic mass is 35.5. The predicted octanol–water partition coefficient (Wildman–Crippen LogP) is 2.75. The maximum absolute atomic E-state index is 12.1. The number of hydrogen-bond donors (Lipinski definition) is 1. The zero-order chi connectivity index (χ0) is 14.7. The topological polar surface area (TPSA) is 55.6 Å². The van der Waals surface area contributed by atoms with E-state index in [-0.39, 0.29) is 18.6 Å². The number of carbonyl (C=O) groups excluding carboxylic acids is 1. The summed E-state index contributed by atoms with van der Waals surface area (Å²) in [6.07, 6.45) is 2.20. The lowest BCUT2D eigenvalue weighted by Gasteiger charge is -2.20. The molecule has 1 saturated carbocycles. The molecule has 20 heavy (non-hydrogen) atoms. The molecule has 0 aliphatic heterocycles. The number of likely N-dealkylation sites (N-methyl/N-ethyl adjacent to an activating group) is 1. The number of carbonyl (C=O) groups is 1. The molecule has 1 aliphatic carbocycles. The van der Waals surface area contributed by atoms with E-state index in [2.05, 4.69) is 0 Å². The van der Waals surface area contributed by atoms with Crippen molar-refractivity contribution in [2.45, 2.75) is 38.8 Å². The van der Waals surface area contributed by atoms with Gasteiger partial charge in [-0.3, -0.25) is 4.79 Å². The van der Waals surface area contributed by atoms with Crippen molar-refractivity contribution in [3.63, 3.8) is 0 Å². The van der Waals surface area contributed by atoms with Crippen LogP contribution in [0.5, 0.6) is 5.75 Å². The first-order valence-electron chi connectivity index (χ1n) is 7.00. The van der Waals surface area contributed by atoms with Crippen LogP contribution in [0.4, 0.5) is 0 Å². The fraction of sp³-hybridized carbons (Fsp3) is 0.533. The third-order valence-corrected chi connectivity index (χ3v) is 3.78. The molecule has 1 aliphatic rings. The first-order chi connectivity index (χ1) is 9.52. The summed E-state index contributed by atoms with van der Waals surface area (Å²) in [5.74, 6) is 0.540. The maximum Gasteiger partial charge on any atom is 0.260 e. The van der Waals surface area contributed by atoms with Gasteiger partial charge in [0.1, 0.15) is 5.75 Å². The Bertz CT molecular complexity index is 487. The molecule has 5 heteroatoms. The van der Waals surface area contributed by atoms with Gasteiger partial charge in [-0.25, -0.2) is 0 Å². The Kier molecular flexibility index (Phi) is 4.89. The van der Waals surface area contributed by atoms with Crippen molar-refractivity contribution in [3.05, 3.63) is 28.8 Å². The smallest absolute Gasteiger partial charge is 0.260 e. The van der Waals surface area contributed by atoms with Gasteiger partial charge in [0.2, 0.25) is 0 Å². The molecular weight excluding hydrogens is 276 g/mol. The highest BCUT2D eigenvalue weighted by Gasteiger charge is 2.31. The monoisotopic (exact) mass is 296 g/mol. The molecule has 2 rings (SSSR count). The van der Waals surface area contributed by atoms with Gasteiger partial charge in [0.25, 0.3) is 5.91 Å². The molecule has 2 N–H and O–H groups in total. The van der Waals surface area contributed by atoms with Gasteiger partial charge in [0, 0.05) is 18.6 Å². The van der Waals surface area contributed by atoms with Gasteiger partial charge in [-0.15, -0.1) is 0 Å². The van der Waals surface area contributed by atoms with Crippen molar-refractivity contribution < 1.29 is 9.53 Å². The summed E-state index contributed by atoms with van der Waals surface area (Å²) in [5, 5.41) is 0.488. The number of hydrogen-bond acceptors (Lipinski definition) is 3. The summed E-state index contributed by atoms with van der Waals surface area (Å²) in [6.45, 7) is 4.64. The van der Waals surface area contributed by atoms with Crippen molar-refractivity contribution in [1.29, 1.82) is 0 Å². The van der Waals surface area contributed by atoms with Crippen molar-refractivity contribution in [2.24, 2.45) is 5.73 Å². The minimum absolute atomic E-state index is 0.0161. The molecule has 0 heterocycles. The van der Waals surface area contributed by atoms with Crippen molar-refractivity contribution >= 4 is 17.5 Å². The third kappa shape index (κ3) is 3.64. The molecule has 1 atom stereocenters. The summed E-state index contributed by atoms with van der Waals surface area (Å²) in [5.41, 5.74) is 6.74. The molecule has 0 radical (unpaired) electrons. The van der Waals surface area contributed by atoms with Gasteiger partial charge < -0.3 is 15.4 Å². The molecule has 1 aromatic carbocycles. The average molecular weight is 297 g/mol. The molecule has 4 nitrogen and oxygen atoms in total. The van der Waals surface area contributed by atoms with Gasteiger partial charge in [-0.1, -0.05) is 17.7 Å². The van der Waals surface area contributed by atoms with Crippen molar-refractivity contribution in [2.75, 3.05) is 13.2 Å². The summed E-state index contributed by atoms with van der Waals surface area (Å²) in [4.78, 5) is 13.9. The minimum Gasteiger partial charge on any atom is -0.482 e. The fourth-order valence-electron chi connectivity index (χ4n) is 2.16. The summed E-state index contributed by atoms with van der Waals surface area (Å²) < 4.78 is 5.53. The lowest BCUT2D eigenvalue weighted by molar-refractivity contribution is -0.133. The highest BCUT2D eigenvalue weighted by molar-refractivity contribution is 6.32. The Balaban J connectivity index is 1.95. The van der Waals surface area contributed by atoms with Crippen LogP contribution in [0.1, 0.15) is 38.3 Å². The Hall–Kier alpha value is -1.26. The van der Waals surface area contributed by atoms with E-state index in [4.69, 9.17) is 22.1 Å². The zero-order valence-electron chi connectivity index (χ0n) is 11.9. The molecule has 1 fully saturated rings. The standard InChI is InChI=1S/C15H21ClN2O2/c1-3-18(12-5-6-12)15(19)9-20-14-7-4-11(10(2)17)8-13(14)16/h4,7-8,10,12H,3,5-6,9,17H2,1-2H3/t10-/m0/s1. The maximum atomic E-state index is 12.1. The lowest BCUT2D eigenvalue weighted by atomic mass is 10.1. The van der Waals surface area contributed by atoms with Gasteiger partial charge in [-0.2, -0.15) is 0 Å². The van der Waals surface area contributed by atoms with Crippen LogP contribution in [-0.4, -0.2) is 30.0 Å². The summed E-state index contributed by atoms with van der Waals surface area (Å²) >= 11 is 6.14. The van der Waals surface area contributed by atoms with Gasteiger partial charge in [0.15, 0.2) is 6.61 Å². The largest absolute Gasteiger partial charge is 0.482 e. The number of rotatable bonds is 6. The SMILES string of the molecule is CCN(C(=O)COc1ccc([C@H](C)N)cc1Cl)C1CC1. The molecular formula is C15H21ClN2O2. The predicted molar refractivity (Wildman–Crippen MR) is 80.0 cm³/mol. The molecule has 0 spiro atoms. The Morgan fingerprint density at radius 2 is 2.25 bits per heavy atom. The number of nitrogens with zero attached hydrogens (tertiary/aromatic N) is 1. The molecule has 0 unspecified atom stereocenters. The second kappa shape index (κ2) is 6.46. The van der Waals surface area contributed by atoms with Crippen LogP contribution >= 0.6 is 11.6 Å². The molecule has 0 aromatic heterocycles. The quantitative estimate of drug-likeness (QED) is 0.878. The minimum atomic E-state index is -0.0753. The Morgan fingerprint density at radius 3 is 2.75 bits per heavy atom. The first kappa shape index (κ1) is 15.1. The second-order valence-electron chi connectivity index (χ2n) is 5.18. The van der Waals surface area contributed by atoms with Gasteiger partial charge in [0.05, 0.1) is 5.02 Å².